The van der Waals surface area contributed by atoms with Crippen molar-refractivity contribution in [2.75, 3.05) is 0 Å². The van der Waals surface area contributed by atoms with Crippen molar-refractivity contribution >= 4 is 0 Å². The molecule has 0 radical (unpaired) electrons. The Morgan fingerprint density at radius 1 is 1.35 bits per heavy atom. The molecule has 2 heteroatoms. The van der Waals surface area contributed by atoms with Crippen molar-refractivity contribution in [2.45, 2.75) is 85.0 Å². The van der Waals surface area contributed by atoms with Gasteiger partial charge in [0, 0.05) is 0 Å². The standard InChI is InChI=1S/C15H30O2/c1-7-15(6,10-8-9-12(2)3)17-14(5)11-13(4)16/h9,13-14,16H,7-8,10-11H2,1-6H3/t13-,14-,15-/m1/s1. The van der Waals surface area contributed by atoms with Gasteiger partial charge in [-0.1, -0.05) is 18.6 Å². The number of aliphatic hydroxyl groups excluding tert-OH is 1. The van der Waals surface area contributed by atoms with Crippen LogP contribution in [0, 0.1) is 0 Å². The third kappa shape index (κ3) is 8.39. The summed E-state index contributed by atoms with van der Waals surface area (Å²) >= 11 is 0. The van der Waals surface area contributed by atoms with Gasteiger partial charge < -0.3 is 9.84 Å². The van der Waals surface area contributed by atoms with E-state index in [1.807, 2.05) is 13.8 Å². The smallest absolute Gasteiger partial charge is 0.0658 e. The fraction of sp³-hybridized carbons (Fsp3) is 0.867. The van der Waals surface area contributed by atoms with Gasteiger partial charge in [-0.25, -0.2) is 0 Å². The van der Waals surface area contributed by atoms with Gasteiger partial charge in [0.05, 0.1) is 17.8 Å². The van der Waals surface area contributed by atoms with Crippen LogP contribution in [-0.2, 0) is 4.74 Å². The van der Waals surface area contributed by atoms with Crippen LogP contribution >= 0.6 is 0 Å². The second kappa shape index (κ2) is 7.88. The molecule has 0 aliphatic carbocycles. The summed E-state index contributed by atoms with van der Waals surface area (Å²) in [5, 5.41) is 9.35. The van der Waals surface area contributed by atoms with E-state index < -0.39 is 0 Å². The van der Waals surface area contributed by atoms with Crippen LogP contribution in [0.2, 0.25) is 0 Å². The van der Waals surface area contributed by atoms with Crippen LogP contribution in [0.3, 0.4) is 0 Å². The first kappa shape index (κ1) is 16.7. The van der Waals surface area contributed by atoms with Crippen LogP contribution in [0.1, 0.15) is 67.2 Å². The molecule has 0 unspecified atom stereocenters. The highest BCUT2D eigenvalue weighted by Gasteiger charge is 2.25. The number of ether oxygens (including phenoxy) is 1. The predicted molar refractivity (Wildman–Crippen MR) is 74.2 cm³/mol. The number of allylic oxidation sites excluding steroid dienone is 2. The Bertz CT molecular complexity index is 229. The highest BCUT2D eigenvalue weighted by atomic mass is 16.5. The van der Waals surface area contributed by atoms with E-state index in [4.69, 9.17) is 4.74 Å². The molecule has 0 heterocycles. The minimum atomic E-state index is -0.288. The van der Waals surface area contributed by atoms with E-state index in [9.17, 15) is 5.11 Å². The van der Waals surface area contributed by atoms with Crippen molar-refractivity contribution in [3.05, 3.63) is 11.6 Å². The number of hydrogen-bond acceptors (Lipinski definition) is 2. The molecule has 0 fully saturated rings. The Hall–Kier alpha value is -0.340. The zero-order valence-electron chi connectivity index (χ0n) is 12.4. The second-order valence-electron chi connectivity index (χ2n) is 5.64. The molecule has 0 aromatic heterocycles. The molecule has 0 saturated carbocycles. The molecular formula is C15H30O2. The third-order valence-corrected chi connectivity index (χ3v) is 3.13. The lowest BCUT2D eigenvalue weighted by atomic mass is 9.95. The minimum Gasteiger partial charge on any atom is -0.393 e. The maximum Gasteiger partial charge on any atom is 0.0658 e. The van der Waals surface area contributed by atoms with E-state index in [-0.39, 0.29) is 17.8 Å². The zero-order chi connectivity index (χ0) is 13.5. The first-order valence-corrected chi connectivity index (χ1v) is 6.78. The van der Waals surface area contributed by atoms with Crippen molar-refractivity contribution < 1.29 is 9.84 Å². The van der Waals surface area contributed by atoms with Gasteiger partial charge >= 0.3 is 0 Å². The van der Waals surface area contributed by atoms with Gasteiger partial charge in [-0.3, -0.25) is 0 Å². The third-order valence-electron chi connectivity index (χ3n) is 3.13. The maximum atomic E-state index is 9.35. The fourth-order valence-electron chi connectivity index (χ4n) is 2.00. The zero-order valence-corrected chi connectivity index (χ0v) is 12.4. The molecular weight excluding hydrogens is 212 g/mol. The van der Waals surface area contributed by atoms with Gasteiger partial charge in [0.1, 0.15) is 0 Å². The van der Waals surface area contributed by atoms with E-state index >= 15 is 0 Å². The second-order valence-corrected chi connectivity index (χ2v) is 5.64. The van der Waals surface area contributed by atoms with E-state index in [0.717, 1.165) is 19.3 Å². The maximum absolute atomic E-state index is 9.35. The molecule has 0 aliphatic heterocycles. The van der Waals surface area contributed by atoms with Gasteiger partial charge in [-0.15, -0.1) is 0 Å². The normalized spacial score (nSPS) is 18.3. The summed E-state index contributed by atoms with van der Waals surface area (Å²) in [7, 11) is 0. The molecule has 0 bridgehead atoms. The molecule has 102 valence electrons. The molecule has 1 N–H and O–H groups in total. The largest absolute Gasteiger partial charge is 0.393 e. The van der Waals surface area contributed by atoms with Crippen molar-refractivity contribution in [2.24, 2.45) is 0 Å². The van der Waals surface area contributed by atoms with Crippen LogP contribution in [0.5, 0.6) is 0 Å². The number of aliphatic hydroxyl groups is 1. The van der Waals surface area contributed by atoms with E-state index in [1.54, 1.807) is 0 Å². The van der Waals surface area contributed by atoms with Crippen molar-refractivity contribution in [3.63, 3.8) is 0 Å². The minimum absolute atomic E-state index is 0.0692. The summed E-state index contributed by atoms with van der Waals surface area (Å²) in [6.07, 6.45) is 5.91. The summed E-state index contributed by atoms with van der Waals surface area (Å²) in [6, 6.07) is 0. The summed E-state index contributed by atoms with van der Waals surface area (Å²) in [5.41, 5.74) is 1.29. The quantitative estimate of drug-likeness (QED) is 0.650. The Labute approximate surface area is 107 Å². The molecule has 2 nitrogen and oxygen atoms in total. The molecule has 0 aromatic carbocycles. The van der Waals surface area contributed by atoms with Gasteiger partial charge in [0.2, 0.25) is 0 Å². The Morgan fingerprint density at radius 2 is 1.94 bits per heavy atom. The molecule has 17 heavy (non-hydrogen) atoms. The van der Waals surface area contributed by atoms with E-state index in [0.29, 0.717) is 6.42 Å². The molecule has 3 atom stereocenters. The molecule has 0 aliphatic rings. The lowest BCUT2D eigenvalue weighted by molar-refractivity contribution is -0.0936. The number of rotatable bonds is 8. The van der Waals surface area contributed by atoms with Gasteiger partial charge in [-0.2, -0.15) is 0 Å². The lowest BCUT2D eigenvalue weighted by Crippen LogP contribution is -2.33. The van der Waals surface area contributed by atoms with Gasteiger partial charge in [0.15, 0.2) is 0 Å². The Kier molecular flexibility index (Phi) is 7.73. The molecule has 0 saturated heterocycles. The lowest BCUT2D eigenvalue weighted by Gasteiger charge is -2.32. The SMILES string of the molecule is CC[C@](C)(CCC=C(C)C)O[C@H](C)C[C@@H](C)O. The van der Waals surface area contributed by atoms with Gasteiger partial charge in [0.25, 0.3) is 0 Å². The number of hydrogen-bond donors (Lipinski definition) is 1. The molecule has 0 aromatic rings. The van der Waals surface area contributed by atoms with Crippen LogP contribution in [0.25, 0.3) is 0 Å². The first-order valence-electron chi connectivity index (χ1n) is 6.78. The summed E-state index contributed by atoms with van der Waals surface area (Å²) in [5.74, 6) is 0. The molecule has 0 spiro atoms. The highest BCUT2D eigenvalue weighted by Crippen LogP contribution is 2.25. The molecule has 0 amide bonds. The van der Waals surface area contributed by atoms with Crippen molar-refractivity contribution in [1.29, 1.82) is 0 Å². The van der Waals surface area contributed by atoms with Crippen molar-refractivity contribution in [3.8, 4) is 0 Å². The average molecular weight is 242 g/mol. The van der Waals surface area contributed by atoms with Crippen LogP contribution in [0.4, 0.5) is 0 Å². The first-order chi connectivity index (χ1) is 7.79. The average Bonchev–Trinajstić information content (AvgIpc) is 2.15. The van der Waals surface area contributed by atoms with Crippen LogP contribution in [0.15, 0.2) is 11.6 Å². The monoisotopic (exact) mass is 242 g/mol. The molecule has 0 rings (SSSR count). The fourth-order valence-corrected chi connectivity index (χ4v) is 2.00. The van der Waals surface area contributed by atoms with Gasteiger partial charge in [-0.05, 0) is 60.3 Å². The van der Waals surface area contributed by atoms with E-state index in [2.05, 4.69) is 33.8 Å². The Morgan fingerprint density at radius 3 is 2.35 bits per heavy atom. The van der Waals surface area contributed by atoms with Crippen LogP contribution < -0.4 is 0 Å². The Balaban J connectivity index is 4.21. The van der Waals surface area contributed by atoms with Crippen molar-refractivity contribution in [1.82, 2.24) is 0 Å². The topological polar surface area (TPSA) is 29.5 Å². The van der Waals surface area contributed by atoms with Crippen LogP contribution in [-0.4, -0.2) is 22.9 Å². The highest BCUT2D eigenvalue weighted by molar-refractivity contribution is 4.94. The van der Waals surface area contributed by atoms with E-state index in [1.165, 1.54) is 5.57 Å². The summed E-state index contributed by atoms with van der Waals surface area (Å²) in [6.45, 7) is 12.4. The summed E-state index contributed by atoms with van der Waals surface area (Å²) in [4.78, 5) is 0. The predicted octanol–water partition coefficient (Wildman–Crippen LogP) is 4.08. The summed E-state index contributed by atoms with van der Waals surface area (Å²) < 4.78 is 6.09.